The highest BCUT2D eigenvalue weighted by Crippen LogP contribution is 2.31. The smallest absolute Gasteiger partial charge is 0.0719 e. The molecule has 2 aromatic carbocycles. The van der Waals surface area contributed by atoms with Crippen LogP contribution in [-0.4, -0.2) is 31.3 Å². The summed E-state index contributed by atoms with van der Waals surface area (Å²) in [5, 5.41) is 4.87. The Kier molecular flexibility index (Phi) is 6.54. The number of rotatable bonds is 9. The van der Waals surface area contributed by atoms with E-state index in [4.69, 9.17) is 9.47 Å². The van der Waals surface area contributed by atoms with Crippen LogP contribution in [0, 0.1) is 5.92 Å². The van der Waals surface area contributed by atoms with Gasteiger partial charge in [-0.3, -0.25) is 0 Å². The predicted octanol–water partition coefficient (Wildman–Crippen LogP) is 5.45. The van der Waals surface area contributed by atoms with E-state index in [0.717, 1.165) is 22.5 Å². The van der Waals surface area contributed by atoms with Gasteiger partial charge in [0.25, 0.3) is 0 Å². The van der Waals surface area contributed by atoms with Crippen LogP contribution in [0.1, 0.15) is 26.3 Å². The van der Waals surface area contributed by atoms with E-state index in [0.29, 0.717) is 31.8 Å². The Morgan fingerprint density at radius 1 is 1.00 bits per heavy atom. The molecule has 0 aliphatic rings. The lowest BCUT2D eigenvalue weighted by Gasteiger charge is -2.20. The van der Waals surface area contributed by atoms with E-state index in [2.05, 4.69) is 73.5 Å². The third kappa shape index (κ3) is 4.90. The van der Waals surface area contributed by atoms with Crippen LogP contribution in [0.4, 0.5) is 5.69 Å². The van der Waals surface area contributed by atoms with E-state index in [9.17, 15) is 0 Å². The highest BCUT2D eigenvalue weighted by atomic mass is 16.5. The lowest BCUT2D eigenvalue weighted by atomic mass is 10.0. The van der Waals surface area contributed by atoms with Gasteiger partial charge in [0, 0.05) is 24.2 Å². The molecule has 1 atom stereocenters. The first-order chi connectivity index (χ1) is 13.1. The Labute approximate surface area is 161 Å². The number of hydrogen-bond donors (Lipinski definition) is 2. The lowest BCUT2D eigenvalue weighted by molar-refractivity contribution is 0.0617. The maximum absolute atomic E-state index is 5.74. The van der Waals surface area contributed by atoms with Crippen LogP contribution >= 0.6 is 0 Å². The predicted molar refractivity (Wildman–Crippen MR) is 113 cm³/mol. The van der Waals surface area contributed by atoms with Crippen LogP contribution in [0.25, 0.3) is 22.2 Å². The fourth-order valence-corrected chi connectivity index (χ4v) is 3.02. The molecule has 0 spiro atoms. The van der Waals surface area contributed by atoms with Gasteiger partial charge in [0.05, 0.1) is 31.0 Å². The van der Waals surface area contributed by atoms with Crippen molar-refractivity contribution in [2.24, 2.45) is 5.92 Å². The summed E-state index contributed by atoms with van der Waals surface area (Å²) >= 11 is 0. The Balaban J connectivity index is 1.95. The zero-order chi connectivity index (χ0) is 19.2. The van der Waals surface area contributed by atoms with Gasteiger partial charge in [-0.1, -0.05) is 44.2 Å². The molecule has 0 aliphatic carbocycles. The molecule has 1 aromatic heterocycles. The monoisotopic (exact) mass is 366 g/mol. The molecule has 1 unspecified atom stereocenters. The van der Waals surface area contributed by atoms with Crippen LogP contribution in [0.5, 0.6) is 0 Å². The van der Waals surface area contributed by atoms with Crippen molar-refractivity contribution in [3.63, 3.8) is 0 Å². The van der Waals surface area contributed by atoms with Crippen molar-refractivity contribution in [3.8, 4) is 11.3 Å². The van der Waals surface area contributed by atoms with Crippen molar-refractivity contribution in [2.45, 2.75) is 33.4 Å². The van der Waals surface area contributed by atoms with E-state index < -0.39 is 0 Å². The zero-order valence-corrected chi connectivity index (χ0v) is 16.7. The topological polar surface area (TPSA) is 46.3 Å². The van der Waals surface area contributed by atoms with Crippen LogP contribution < -0.4 is 5.32 Å². The summed E-state index contributed by atoms with van der Waals surface area (Å²) < 4.78 is 10.8. The van der Waals surface area contributed by atoms with E-state index in [1.807, 2.05) is 6.07 Å². The highest BCUT2D eigenvalue weighted by Gasteiger charge is 2.13. The van der Waals surface area contributed by atoms with Gasteiger partial charge in [-0.15, -0.1) is 0 Å². The Morgan fingerprint density at radius 3 is 2.48 bits per heavy atom. The Bertz CT molecular complexity index is 855. The molecule has 0 aliphatic heterocycles. The quantitative estimate of drug-likeness (QED) is 0.495. The van der Waals surface area contributed by atoms with Gasteiger partial charge in [0.15, 0.2) is 0 Å². The maximum Gasteiger partial charge on any atom is 0.0719 e. The average Bonchev–Trinajstić information content (AvgIpc) is 3.10. The zero-order valence-electron chi connectivity index (χ0n) is 16.7. The summed E-state index contributed by atoms with van der Waals surface area (Å²) in [4.78, 5) is 3.61. The molecule has 3 aromatic rings. The van der Waals surface area contributed by atoms with Crippen LogP contribution in [0.2, 0.25) is 0 Å². The number of fused-ring (bicyclic) bond motifs is 1. The summed E-state index contributed by atoms with van der Waals surface area (Å²) in [6, 6.07) is 17.4. The maximum atomic E-state index is 5.74. The van der Waals surface area contributed by atoms with Crippen molar-refractivity contribution in [1.29, 1.82) is 0 Å². The molecular weight excluding hydrogens is 336 g/mol. The van der Waals surface area contributed by atoms with E-state index >= 15 is 0 Å². The molecule has 4 nitrogen and oxygen atoms in total. The van der Waals surface area contributed by atoms with Crippen molar-refractivity contribution >= 4 is 16.6 Å². The molecule has 4 heteroatoms. The SMILES string of the molecule is COCCOCc1cc(NC(C)C(C)C)c2[nH]c(-c3ccccc3)cc2c1. The number of hydrogen-bond acceptors (Lipinski definition) is 3. The van der Waals surface area contributed by atoms with Crippen molar-refractivity contribution in [1.82, 2.24) is 4.98 Å². The summed E-state index contributed by atoms with van der Waals surface area (Å²) in [5.41, 5.74) is 5.75. The largest absolute Gasteiger partial charge is 0.382 e. The molecule has 0 saturated carbocycles. The second-order valence-corrected chi connectivity index (χ2v) is 7.38. The number of H-pyrrole nitrogens is 1. The van der Waals surface area contributed by atoms with Gasteiger partial charge < -0.3 is 19.8 Å². The standard InChI is InChI=1S/C23H30N2O2/c1-16(2)17(3)24-22-13-18(15-27-11-10-26-4)12-20-14-21(25-23(20)22)19-8-6-5-7-9-19/h5-9,12-14,16-17,24-25H,10-11,15H2,1-4H3. The first-order valence-electron chi connectivity index (χ1n) is 9.62. The minimum atomic E-state index is 0.376. The minimum absolute atomic E-state index is 0.376. The summed E-state index contributed by atoms with van der Waals surface area (Å²) in [5.74, 6) is 0.546. The molecule has 0 saturated heterocycles. The van der Waals surface area contributed by atoms with Gasteiger partial charge in [-0.25, -0.2) is 0 Å². The van der Waals surface area contributed by atoms with Gasteiger partial charge in [0.1, 0.15) is 0 Å². The van der Waals surface area contributed by atoms with E-state index in [-0.39, 0.29) is 0 Å². The van der Waals surface area contributed by atoms with E-state index in [1.54, 1.807) is 7.11 Å². The second kappa shape index (κ2) is 9.07. The minimum Gasteiger partial charge on any atom is -0.382 e. The first-order valence-corrected chi connectivity index (χ1v) is 9.62. The molecule has 0 radical (unpaired) electrons. The van der Waals surface area contributed by atoms with Gasteiger partial charge in [-0.2, -0.15) is 0 Å². The second-order valence-electron chi connectivity index (χ2n) is 7.38. The molecule has 0 fully saturated rings. The van der Waals surface area contributed by atoms with Crippen molar-refractivity contribution in [2.75, 3.05) is 25.6 Å². The first kappa shape index (κ1) is 19.5. The summed E-state index contributed by atoms with van der Waals surface area (Å²) in [6.45, 7) is 8.48. The fourth-order valence-electron chi connectivity index (χ4n) is 3.02. The number of anilines is 1. The third-order valence-corrected chi connectivity index (χ3v) is 4.96. The van der Waals surface area contributed by atoms with Gasteiger partial charge in [-0.05, 0) is 42.2 Å². The molecule has 27 heavy (non-hydrogen) atoms. The normalized spacial score (nSPS) is 12.6. The molecule has 3 rings (SSSR count). The average molecular weight is 367 g/mol. The number of methoxy groups -OCH3 is 1. The van der Waals surface area contributed by atoms with Crippen molar-refractivity contribution in [3.05, 3.63) is 54.1 Å². The molecule has 2 N–H and O–H groups in total. The third-order valence-electron chi connectivity index (χ3n) is 4.96. The lowest BCUT2D eigenvalue weighted by Crippen LogP contribution is -2.21. The number of nitrogens with one attached hydrogen (secondary N) is 2. The molecule has 0 bridgehead atoms. The summed E-state index contributed by atoms with van der Waals surface area (Å²) in [6.07, 6.45) is 0. The van der Waals surface area contributed by atoms with E-state index in [1.165, 1.54) is 10.9 Å². The number of ether oxygens (including phenoxy) is 2. The van der Waals surface area contributed by atoms with Crippen LogP contribution in [-0.2, 0) is 16.1 Å². The Hall–Kier alpha value is -2.30. The number of aromatic amines is 1. The van der Waals surface area contributed by atoms with Crippen LogP contribution in [0.15, 0.2) is 48.5 Å². The number of benzene rings is 2. The van der Waals surface area contributed by atoms with Crippen LogP contribution in [0.3, 0.4) is 0 Å². The molecular formula is C23H30N2O2. The highest BCUT2D eigenvalue weighted by molar-refractivity contribution is 5.95. The van der Waals surface area contributed by atoms with Gasteiger partial charge >= 0.3 is 0 Å². The number of aromatic nitrogens is 1. The molecule has 144 valence electrons. The summed E-state index contributed by atoms with van der Waals surface area (Å²) in [7, 11) is 1.69. The van der Waals surface area contributed by atoms with Crippen molar-refractivity contribution < 1.29 is 9.47 Å². The van der Waals surface area contributed by atoms with Gasteiger partial charge in [0.2, 0.25) is 0 Å². The molecule has 1 heterocycles. The Morgan fingerprint density at radius 2 is 1.78 bits per heavy atom. The molecule has 0 amide bonds. The fraction of sp³-hybridized carbons (Fsp3) is 0.391.